The fourth-order valence-electron chi connectivity index (χ4n) is 3.94. The zero-order valence-corrected chi connectivity index (χ0v) is 14.4. The normalized spacial score (nSPS) is 15.5. The Bertz CT molecular complexity index is 1010. The van der Waals surface area contributed by atoms with Crippen molar-refractivity contribution in [2.45, 2.75) is 25.7 Å². The average molecular weight is 348 g/mol. The molecule has 0 saturated carbocycles. The molecule has 5 heteroatoms. The first kappa shape index (κ1) is 15.3. The monoisotopic (exact) mass is 348 g/mol. The highest BCUT2D eigenvalue weighted by Crippen LogP contribution is 2.34. The number of nitrogens with one attached hydrogen (secondary N) is 2. The molecule has 0 unspecified atom stereocenters. The molecule has 132 valence electrons. The molecule has 0 atom stereocenters. The number of H-pyrrole nitrogens is 1. The number of fused-ring (bicyclic) bond motifs is 4. The summed E-state index contributed by atoms with van der Waals surface area (Å²) in [5.41, 5.74) is 4.97. The number of ether oxygens (including phenoxy) is 2. The standard InChI is InChI=1S/C21H20N2O3/c24-21(22-13-8-9-18-19(12-13)26-11-10-25-18)16-6-3-5-15-14-4-1-2-7-17(14)23-20(15)16/h3,5-6,8-9,12,23H,1-2,4,7,10-11H2,(H,22,24). The van der Waals surface area contributed by atoms with Crippen LogP contribution in [0.15, 0.2) is 36.4 Å². The number of carbonyl (C=O) groups is 1. The molecule has 2 aliphatic rings. The van der Waals surface area contributed by atoms with Gasteiger partial charge in [0.1, 0.15) is 13.2 Å². The van der Waals surface area contributed by atoms with Crippen molar-refractivity contribution in [1.82, 2.24) is 4.98 Å². The van der Waals surface area contributed by atoms with Crippen molar-refractivity contribution in [3.63, 3.8) is 0 Å². The summed E-state index contributed by atoms with van der Waals surface area (Å²) in [6.07, 6.45) is 4.57. The topological polar surface area (TPSA) is 63.4 Å². The van der Waals surface area contributed by atoms with E-state index in [1.165, 1.54) is 29.5 Å². The zero-order chi connectivity index (χ0) is 17.5. The van der Waals surface area contributed by atoms with Crippen molar-refractivity contribution in [2.24, 2.45) is 0 Å². The number of hydrogen-bond donors (Lipinski definition) is 2. The number of carbonyl (C=O) groups excluding carboxylic acids is 1. The number of benzene rings is 2. The lowest BCUT2D eigenvalue weighted by Crippen LogP contribution is -2.16. The van der Waals surface area contributed by atoms with Gasteiger partial charge in [-0.1, -0.05) is 12.1 Å². The summed E-state index contributed by atoms with van der Waals surface area (Å²) >= 11 is 0. The molecular weight excluding hydrogens is 328 g/mol. The van der Waals surface area contributed by atoms with Crippen LogP contribution in [0, 0.1) is 0 Å². The lowest BCUT2D eigenvalue weighted by atomic mass is 9.95. The number of aromatic amines is 1. The Morgan fingerprint density at radius 2 is 1.85 bits per heavy atom. The molecule has 5 nitrogen and oxygen atoms in total. The van der Waals surface area contributed by atoms with E-state index in [0.717, 1.165) is 18.4 Å². The maximum Gasteiger partial charge on any atom is 0.257 e. The van der Waals surface area contributed by atoms with E-state index < -0.39 is 0 Å². The molecule has 0 bridgehead atoms. The molecule has 1 aromatic heterocycles. The molecule has 5 rings (SSSR count). The van der Waals surface area contributed by atoms with Crippen molar-refractivity contribution in [3.8, 4) is 11.5 Å². The molecule has 2 aromatic carbocycles. The molecule has 0 radical (unpaired) electrons. The summed E-state index contributed by atoms with van der Waals surface area (Å²) in [7, 11) is 0. The molecule has 2 N–H and O–H groups in total. The van der Waals surface area contributed by atoms with Crippen molar-refractivity contribution in [3.05, 3.63) is 53.2 Å². The molecule has 0 saturated heterocycles. The Hall–Kier alpha value is -2.95. The molecular formula is C21H20N2O3. The Kier molecular flexibility index (Phi) is 3.59. The van der Waals surface area contributed by atoms with E-state index in [4.69, 9.17) is 9.47 Å². The zero-order valence-electron chi connectivity index (χ0n) is 14.4. The Labute approximate surface area is 151 Å². The van der Waals surface area contributed by atoms with E-state index >= 15 is 0 Å². The van der Waals surface area contributed by atoms with E-state index in [2.05, 4.69) is 16.4 Å². The fourth-order valence-corrected chi connectivity index (χ4v) is 3.94. The van der Waals surface area contributed by atoms with E-state index in [9.17, 15) is 4.79 Å². The van der Waals surface area contributed by atoms with Gasteiger partial charge in [-0.05, 0) is 49.4 Å². The van der Waals surface area contributed by atoms with Gasteiger partial charge in [-0.25, -0.2) is 0 Å². The Morgan fingerprint density at radius 1 is 1.00 bits per heavy atom. The van der Waals surface area contributed by atoms with Crippen LogP contribution in [-0.4, -0.2) is 24.1 Å². The van der Waals surface area contributed by atoms with Crippen LogP contribution in [0.4, 0.5) is 5.69 Å². The number of hydrogen-bond acceptors (Lipinski definition) is 3. The van der Waals surface area contributed by atoms with Crippen LogP contribution < -0.4 is 14.8 Å². The van der Waals surface area contributed by atoms with E-state index in [-0.39, 0.29) is 5.91 Å². The number of aromatic nitrogens is 1. The average Bonchev–Trinajstić information content (AvgIpc) is 3.06. The molecule has 0 spiro atoms. The summed E-state index contributed by atoms with van der Waals surface area (Å²) in [6, 6.07) is 11.4. The Balaban J connectivity index is 1.48. The number of para-hydroxylation sites is 1. The summed E-state index contributed by atoms with van der Waals surface area (Å²) in [4.78, 5) is 16.4. The van der Waals surface area contributed by atoms with Crippen LogP contribution in [0.1, 0.15) is 34.5 Å². The van der Waals surface area contributed by atoms with Crippen LogP contribution in [0.2, 0.25) is 0 Å². The fraction of sp³-hybridized carbons (Fsp3) is 0.286. The molecule has 0 fully saturated rings. The number of anilines is 1. The van der Waals surface area contributed by atoms with Gasteiger partial charge in [0.05, 0.1) is 11.1 Å². The van der Waals surface area contributed by atoms with Gasteiger partial charge in [-0.3, -0.25) is 4.79 Å². The van der Waals surface area contributed by atoms with Gasteiger partial charge >= 0.3 is 0 Å². The minimum absolute atomic E-state index is 0.120. The van der Waals surface area contributed by atoms with E-state index in [1.54, 1.807) is 0 Å². The van der Waals surface area contributed by atoms with Crippen molar-refractivity contribution in [2.75, 3.05) is 18.5 Å². The first-order valence-corrected chi connectivity index (χ1v) is 9.13. The summed E-state index contributed by atoms with van der Waals surface area (Å²) in [5, 5.41) is 4.16. The summed E-state index contributed by atoms with van der Waals surface area (Å²) in [5.74, 6) is 1.27. The lowest BCUT2D eigenvalue weighted by molar-refractivity contribution is 0.102. The summed E-state index contributed by atoms with van der Waals surface area (Å²) < 4.78 is 11.1. The first-order valence-electron chi connectivity index (χ1n) is 9.13. The second kappa shape index (κ2) is 6.09. The number of rotatable bonds is 2. The van der Waals surface area contributed by atoms with Crippen molar-refractivity contribution >= 4 is 22.5 Å². The van der Waals surface area contributed by atoms with E-state index in [0.29, 0.717) is 36.0 Å². The molecule has 2 heterocycles. The lowest BCUT2D eigenvalue weighted by Gasteiger charge is -2.19. The SMILES string of the molecule is O=C(Nc1ccc2c(c1)OCCO2)c1cccc2c3c([nH]c12)CCCC3. The van der Waals surface area contributed by atoms with Gasteiger partial charge in [-0.2, -0.15) is 0 Å². The van der Waals surface area contributed by atoms with Gasteiger partial charge in [0.25, 0.3) is 5.91 Å². The second-order valence-electron chi connectivity index (χ2n) is 6.83. The third-order valence-electron chi connectivity index (χ3n) is 5.18. The second-order valence-corrected chi connectivity index (χ2v) is 6.83. The smallest absolute Gasteiger partial charge is 0.257 e. The largest absolute Gasteiger partial charge is 0.486 e. The number of aryl methyl sites for hydroxylation is 2. The van der Waals surface area contributed by atoms with Gasteiger partial charge in [0.2, 0.25) is 0 Å². The van der Waals surface area contributed by atoms with Crippen LogP contribution >= 0.6 is 0 Å². The third kappa shape index (κ3) is 2.51. The van der Waals surface area contributed by atoms with Gasteiger partial charge in [0.15, 0.2) is 11.5 Å². The van der Waals surface area contributed by atoms with Gasteiger partial charge in [0, 0.05) is 22.8 Å². The predicted octanol–water partition coefficient (Wildman–Crippen LogP) is 4.07. The molecule has 3 aromatic rings. The number of amides is 1. The third-order valence-corrected chi connectivity index (χ3v) is 5.18. The minimum atomic E-state index is -0.120. The highest BCUT2D eigenvalue weighted by atomic mass is 16.6. The van der Waals surface area contributed by atoms with Crippen LogP contribution in [0.25, 0.3) is 10.9 Å². The van der Waals surface area contributed by atoms with Crippen LogP contribution in [0.5, 0.6) is 11.5 Å². The van der Waals surface area contributed by atoms with Gasteiger partial charge < -0.3 is 19.8 Å². The molecule has 1 aliphatic heterocycles. The van der Waals surface area contributed by atoms with Crippen molar-refractivity contribution < 1.29 is 14.3 Å². The highest BCUT2D eigenvalue weighted by Gasteiger charge is 2.20. The maximum absolute atomic E-state index is 12.9. The van der Waals surface area contributed by atoms with E-state index in [1.807, 2.05) is 30.3 Å². The highest BCUT2D eigenvalue weighted by molar-refractivity contribution is 6.12. The van der Waals surface area contributed by atoms with Crippen LogP contribution in [-0.2, 0) is 12.8 Å². The van der Waals surface area contributed by atoms with Crippen LogP contribution in [0.3, 0.4) is 0 Å². The Morgan fingerprint density at radius 3 is 2.77 bits per heavy atom. The first-order chi connectivity index (χ1) is 12.8. The predicted molar refractivity (Wildman–Crippen MR) is 100 cm³/mol. The molecule has 1 amide bonds. The van der Waals surface area contributed by atoms with Gasteiger partial charge in [-0.15, -0.1) is 0 Å². The summed E-state index contributed by atoms with van der Waals surface area (Å²) in [6.45, 7) is 1.08. The quantitative estimate of drug-likeness (QED) is 0.734. The minimum Gasteiger partial charge on any atom is -0.486 e. The van der Waals surface area contributed by atoms with Crippen molar-refractivity contribution in [1.29, 1.82) is 0 Å². The molecule has 1 aliphatic carbocycles. The molecule has 26 heavy (non-hydrogen) atoms. The maximum atomic E-state index is 12.9.